The Hall–Kier alpha value is -5.74. The van der Waals surface area contributed by atoms with Crippen LogP contribution >= 0.6 is 0 Å². The zero-order valence-corrected chi connectivity index (χ0v) is 31.8. The van der Waals surface area contributed by atoms with Gasteiger partial charge in [0, 0.05) is 39.1 Å². The summed E-state index contributed by atoms with van der Waals surface area (Å²) in [6.07, 6.45) is 28.1. The van der Waals surface area contributed by atoms with Gasteiger partial charge in [0.1, 0.15) is 11.5 Å². The van der Waals surface area contributed by atoms with E-state index in [0.29, 0.717) is 6.04 Å². The van der Waals surface area contributed by atoms with Gasteiger partial charge in [0.15, 0.2) is 11.6 Å². The van der Waals surface area contributed by atoms with Crippen molar-refractivity contribution in [3.8, 4) is 39.5 Å². The largest absolute Gasteiger partial charge is 0.457 e. The highest BCUT2D eigenvalue weighted by Crippen LogP contribution is 2.58. The maximum absolute atomic E-state index is 6.51. The van der Waals surface area contributed by atoms with E-state index in [1.165, 1.54) is 83.8 Å². The van der Waals surface area contributed by atoms with Crippen molar-refractivity contribution in [3.63, 3.8) is 0 Å². The molecule has 3 heterocycles. The lowest BCUT2D eigenvalue weighted by Gasteiger charge is -2.36. The molecule has 3 unspecified atom stereocenters. The van der Waals surface area contributed by atoms with Gasteiger partial charge in [-0.05, 0) is 109 Å². The fourth-order valence-corrected chi connectivity index (χ4v) is 11.4. The van der Waals surface area contributed by atoms with Crippen LogP contribution in [0, 0.1) is 0 Å². The predicted octanol–water partition coefficient (Wildman–Crippen LogP) is 12.9. The second-order valence-electron chi connectivity index (χ2n) is 16.9. The Labute approximate surface area is 329 Å². The van der Waals surface area contributed by atoms with Gasteiger partial charge in [0.2, 0.25) is 0 Å². The predicted molar refractivity (Wildman–Crippen MR) is 227 cm³/mol. The van der Waals surface area contributed by atoms with E-state index in [-0.39, 0.29) is 17.3 Å². The normalized spacial score (nSPS) is 22.3. The third-order valence-electron chi connectivity index (χ3n) is 13.9. The highest BCUT2D eigenvalue weighted by Gasteiger charge is 2.45. The second kappa shape index (κ2) is 12.6. The lowest BCUT2D eigenvalue weighted by molar-refractivity contribution is 0.352. The molecule has 0 bridgehead atoms. The molecular formula is C52H45N3O. The van der Waals surface area contributed by atoms with Crippen LogP contribution < -0.4 is 4.74 Å². The first-order valence-electron chi connectivity index (χ1n) is 21.0. The first kappa shape index (κ1) is 32.5. The summed E-state index contributed by atoms with van der Waals surface area (Å²) in [6.45, 7) is 0. The van der Waals surface area contributed by atoms with E-state index < -0.39 is 0 Å². The molecule has 4 aromatic carbocycles. The van der Waals surface area contributed by atoms with Crippen LogP contribution in [0.15, 0.2) is 133 Å². The van der Waals surface area contributed by atoms with Gasteiger partial charge in [-0.2, -0.15) is 0 Å². The molecule has 1 fully saturated rings. The number of nitrogens with zero attached hydrogens (tertiary/aromatic N) is 3. The highest BCUT2D eigenvalue weighted by molar-refractivity contribution is 5.93. The number of rotatable bonds is 4. The molecule has 0 radical (unpaired) electrons. The summed E-state index contributed by atoms with van der Waals surface area (Å²) in [6, 6.07) is 34.4. The topological polar surface area (TPSA) is 39.9 Å². The second-order valence-corrected chi connectivity index (χ2v) is 16.9. The zero-order chi connectivity index (χ0) is 36.8. The Kier molecular flexibility index (Phi) is 7.34. The molecule has 12 rings (SSSR count). The molecule has 56 heavy (non-hydrogen) atoms. The third-order valence-corrected chi connectivity index (χ3v) is 13.9. The zero-order valence-electron chi connectivity index (χ0n) is 31.8. The fourth-order valence-electron chi connectivity index (χ4n) is 11.4. The maximum atomic E-state index is 6.51. The number of hydrogen-bond acceptors (Lipinski definition) is 3. The number of aromatic nitrogens is 3. The number of hydrogen-bond donors (Lipinski definition) is 0. The fraction of sp³-hybridized carbons (Fsp3) is 0.269. The molecule has 0 saturated heterocycles. The van der Waals surface area contributed by atoms with Crippen molar-refractivity contribution in [2.75, 3.05) is 0 Å². The SMILES string of the molecule is C1=CCC2C(=C1)Oc1c(-c3ccccc3)nc(-c3ccc4c(c3)c3c(n4C4C=CCCC4)C=CC(c4cccc5c4-c4ccccc4C54CCCCC4)C3)nc12. The number of fused-ring (bicyclic) bond motifs is 11. The molecular weight excluding hydrogens is 683 g/mol. The molecule has 274 valence electrons. The Balaban J connectivity index is 1.02. The van der Waals surface area contributed by atoms with E-state index in [1.807, 2.05) is 0 Å². The standard InChI is InChI=1S/C52H45N3O/c1-4-15-33(16-5-1)48-50-49(39-20-9-11-24-46(39)56-50)54-51(53-48)35-26-28-45-41(32-35)40-31-34(25-27-44(40)55(45)36-17-6-2-7-18-36)37-21-14-23-43-47(37)38-19-8-10-22-42(38)52(43)29-12-3-13-30-52/h1,4-6,8-11,14-17,19,21-28,32,34,36,39H,2-3,7,12-13,18,20,29-31H2. The highest BCUT2D eigenvalue weighted by atomic mass is 16.5. The maximum Gasteiger partial charge on any atom is 0.175 e. The summed E-state index contributed by atoms with van der Waals surface area (Å²) >= 11 is 0. The van der Waals surface area contributed by atoms with E-state index in [4.69, 9.17) is 14.7 Å². The minimum Gasteiger partial charge on any atom is -0.457 e. The molecule has 0 N–H and O–H groups in total. The van der Waals surface area contributed by atoms with E-state index in [2.05, 4.69) is 138 Å². The summed E-state index contributed by atoms with van der Waals surface area (Å²) in [5, 5.41) is 1.32. The lowest BCUT2D eigenvalue weighted by atomic mass is 9.67. The van der Waals surface area contributed by atoms with Crippen LogP contribution in [0.25, 0.3) is 50.8 Å². The molecule has 3 atom stereocenters. The van der Waals surface area contributed by atoms with Gasteiger partial charge < -0.3 is 9.30 Å². The minimum atomic E-state index is 0.117. The smallest absolute Gasteiger partial charge is 0.175 e. The Morgan fingerprint density at radius 1 is 0.768 bits per heavy atom. The third kappa shape index (κ3) is 4.77. The van der Waals surface area contributed by atoms with Crippen molar-refractivity contribution >= 4 is 17.0 Å². The molecule has 1 spiro atoms. The van der Waals surface area contributed by atoms with Crippen molar-refractivity contribution in [2.45, 2.75) is 87.5 Å². The van der Waals surface area contributed by atoms with Gasteiger partial charge in [-0.3, -0.25) is 0 Å². The van der Waals surface area contributed by atoms with Crippen LogP contribution in [0.1, 0.15) is 109 Å². The summed E-state index contributed by atoms with van der Waals surface area (Å²) in [4.78, 5) is 10.6. The number of benzene rings is 4. The molecule has 5 aliphatic carbocycles. The summed E-state index contributed by atoms with van der Waals surface area (Å²) < 4.78 is 9.15. The Morgan fingerprint density at radius 2 is 1.64 bits per heavy atom. The van der Waals surface area contributed by atoms with Crippen LogP contribution in [0.5, 0.6) is 5.75 Å². The van der Waals surface area contributed by atoms with Crippen LogP contribution in [0.4, 0.5) is 0 Å². The molecule has 4 nitrogen and oxygen atoms in total. The van der Waals surface area contributed by atoms with Crippen LogP contribution in [0.2, 0.25) is 0 Å². The van der Waals surface area contributed by atoms with Crippen molar-refractivity contribution < 1.29 is 4.74 Å². The van der Waals surface area contributed by atoms with Crippen molar-refractivity contribution in [2.24, 2.45) is 0 Å². The lowest BCUT2D eigenvalue weighted by Crippen LogP contribution is -2.28. The molecule has 1 saturated carbocycles. The van der Waals surface area contributed by atoms with Gasteiger partial charge in [-0.15, -0.1) is 0 Å². The average Bonchev–Trinajstić information content (AvgIpc) is 3.90. The molecule has 6 aliphatic rings. The molecule has 6 aromatic rings. The van der Waals surface area contributed by atoms with Gasteiger partial charge in [-0.25, -0.2) is 9.97 Å². The molecule has 2 aromatic heterocycles. The van der Waals surface area contributed by atoms with Gasteiger partial charge in [-0.1, -0.05) is 122 Å². The molecule has 4 heteroatoms. The first-order valence-corrected chi connectivity index (χ1v) is 21.0. The van der Waals surface area contributed by atoms with Gasteiger partial charge >= 0.3 is 0 Å². The van der Waals surface area contributed by atoms with Crippen LogP contribution in [-0.4, -0.2) is 14.5 Å². The quantitative estimate of drug-likeness (QED) is 0.170. The molecule has 0 amide bonds. The summed E-state index contributed by atoms with van der Waals surface area (Å²) in [5.41, 5.74) is 15.8. The summed E-state index contributed by atoms with van der Waals surface area (Å²) in [7, 11) is 0. The van der Waals surface area contributed by atoms with Crippen molar-refractivity contribution in [1.82, 2.24) is 14.5 Å². The number of allylic oxidation sites excluding steroid dienone is 7. The molecule has 1 aliphatic heterocycles. The van der Waals surface area contributed by atoms with E-state index in [0.717, 1.165) is 59.1 Å². The minimum absolute atomic E-state index is 0.117. The van der Waals surface area contributed by atoms with Crippen molar-refractivity contribution in [1.29, 1.82) is 0 Å². The van der Waals surface area contributed by atoms with E-state index in [9.17, 15) is 0 Å². The van der Waals surface area contributed by atoms with Crippen molar-refractivity contribution in [3.05, 3.63) is 167 Å². The van der Waals surface area contributed by atoms with E-state index >= 15 is 0 Å². The van der Waals surface area contributed by atoms with Crippen LogP contribution in [-0.2, 0) is 11.8 Å². The Bertz CT molecular complexity index is 2700. The number of ether oxygens (including phenoxy) is 1. The average molecular weight is 728 g/mol. The monoisotopic (exact) mass is 727 g/mol. The Morgan fingerprint density at radius 3 is 2.54 bits per heavy atom. The van der Waals surface area contributed by atoms with Gasteiger partial charge in [0.25, 0.3) is 0 Å². The van der Waals surface area contributed by atoms with Crippen LogP contribution in [0.3, 0.4) is 0 Å². The van der Waals surface area contributed by atoms with E-state index in [1.54, 1.807) is 11.1 Å². The summed E-state index contributed by atoms with van der Waals surface area (Å²) in [5.74, 6) is 2.94. The first-order chi connectivity index (χ1) is 27.7. The van der Waals surface area contributed by atoms with Gasteiger partial charge in [0.05, 0.1) is 17.7 Å².